The maximum absolute atomic E-state index is 6.12. The summed E-state index contributed by atoms with van der Waals surface area (Å²) < 4.78 is 12.0. The van der Waals surface area contributed by atoms with Gasteiger partial charge in [0.2, 0.25) is 0 Å². The lowest BCUT2D eigenvalue weighted by Crippen LogP contribution is -2.27. The van der Waals surface area contributed by atoms with Crippen LogP contribution in [0.3, 0.4) is 0 Å². The van der Waals surface area contributed by atoms with Crippen LogP contribution in [0.1, 0.15) is 47.6 Å². The van der Waals surface area contributed by atoms with E-state index in [1.165, 1.54) is 27.8 Å². The van der Waals surface area contributed by atoms with E-state index in [1.807, 2.05) is 12.1 Å². The van der Waals surface area contributed by atoms with E-state index in [2.05, 4.69) is 73.3 Å². The second-order valence-electron chi connectivity index (χ2n) is 8.82. The number of halogens is 1. The molecule has 0 aliphatic carbocycles. The standard InChI is InChI=1S/C28H32ClNO2/c1-21(2)25-8-11-28-26(18-25)17-23-4-3-5-24(16-23)20-30(12-13-31-14-15-32-28)19-22-6-9-27(29)10-7-22/h3-11,16,18,21H,12-15,17,19-20H2,1-2H3. The molecule has 3 aromatic rings. The topological polar surface area (TPSA) is 21.7 Å². The molecule has 0 N–H and O–H groups in total. The predicted molar refractivity (Wildman–Crippen MR) is 132 cm³/mol. The van der Waals surface area contributed by atoms with Gasteiger partial charge in [-0.05, 0) is 51.9 Å². The molecule has 0 aromatic heterocycles. The van der Waals surface area contributed by atoms with Crippen LogP contribution in [0.4, 0.5) is 0 Å². The van der Waals surface area contributed by atoms with E-state index in [0.29, 0.717) is 25.7 Å². The first kappa shape index (κ1) is 22.8. The molecular weight excluding hydrogens is 418 g/mol. The van der Waals surface area contributed by atoms with Crippen molar-refractivity contribution in [2.24, 2.45) is 0 Å². The summed E-state index contributed by atoms with van der Waals surface area (Å²) in [5.41, 5.74) is 6.47. The van der Waals surface area contributed by atoms with Crippen LogP contribution in [-0.4, -0.2) is 31.3 Å². The van der Waals surface area contributed by atoms with Gasteiger partial charge in [0.05, 0.1) is 13.2 Å². The van der Waals surface area contributed by atoms with Gasteiger partial charge in [0.15, 0.2) is 0 Å². The molecule has 0 fully saturated rings. The fourth-order valence-corrected chi connectivity index (χ4v) is 4.25. The summed E-state index contributed by atoms with van der Waals surface area (Å²) in [6.07, 6.45) is 0.863. The number of hydrogen-bond acceptors (Lipinski definition) is 3. The smallest absolute Gasteiger partial charge is 0.122 e. The molecule has 4 heteroatoms. The number of hydrogen-bond donors (Lipinski definition) is 0. The highest BCUT2D eigenvalue weighted by atomic mass is 35.5. The highest BCUT2D eigenvalue weighted by Gasteiger charge is 2.12. The monoisotopic (exact) mass is 449 g/mol. The van der Waals surface area contributed by atoms with Crippen molar-refractivity contribution in [3.8, 4) is 5.75 Å². The molecule has 0 saturated carbocycles. The lowest BCUT2D eigenvalue weighted by atomic mass is 9.96. The van der Waals surface area contributed by atoms with Gasteiger partial charge in [-0.25, -0.2) is 0 Å². The van der Waals surface area contributed by atoms with E-state index in [4.69, 9.17) is 21.1 Å². The van der Waals surface area contributed by atoms with Crippen LogP contribution in [-0.2, 0) is 24.2 Å². The Bertz CT molecular complexity index is 1020. The third-order valence-corrected chi connectivity index (χ3v) is 6.15. The first-order valence-corrected chi connectivity index (χ1v) is 11.8. The second kappa shape index (κ2) is 11.0. The quantitative estimate of drug-likeness (QED) is 0.457. The summed E-state index contributed by atoms with van der Waals surface area (Å²) in [6.45, 7) is 8.90. The summed E-state index contributed by atoms with van der Waals surface area (Å²) in [4.78, 5) is 2.43. The summed E-state index contributed by atoms with van der Waals surface area (Å²) in [7, 11) is 0. The first-order valence-electron chi connectivity index (χ1n) is 11.4. The molecule has 1 aliphatic rings. The Kier molecular flexibility index (Phi) is 7.85. The minimum Gasteiger partial charge on any atom is -0.491 e. The molecule has 1 aliphatic heterocycles. The zero-order chi connectivity index (χ0) is 22.3. The molecule has 1 heterocycles. The average Bonchev–Trinajstić information content (AvgIpc) is 2.78. The lowest BCUT2D eigenvalue weighted by molar-refractivity contribution is 0.0757. The van der Waals surface area contributed by atoms with E-state index in [-0.39, 0.29) is 0 Å². The lowest BCUT2D eigenvalue weighted by Gasteiger charge is -2.23. The summed E-state index contributed by atoms with van der Waals surface area (Å²) in [5.74, 6) is 1.45. The van der Waals surface area contributed by atoms with Gasteiger partial charge in [-0.15, -0.1) is 0 Å². The number of benzene rings is 3. The largest absolute Gasteiger partial charge is 0.491 e. The molecule has 2 bridgehead atoms. The maximum Gasteiger partial charge on any atom is 0.122 e. The van der Waals surface area contributed by atoms with Gasteiger partial charge in [-0.1, -0.05) is 74.0 Å². The molecule has 3 aromatic carbocycles. The minimum absolute atomic E-state index is 0.490. The molecule has 0 atom stereocenters. The number of ether oxygens (including phenoxy) is 2. The molecular formula is C28H32ClNO2. The van der Waals surface area contributed by atoms with Crippen LogP contribution in [0.2, 0.25) is 5.02 Å². The summed E-state index contributed by atoms with van der Waals surface area (Å²) in [5, 5.41) is 0.770. The predicted octanol–water partition coefficient (Wildman–Crippen LogP) is 6.47. The third-order valence-electron chi connectivity index (χ3n) is 5.90. The van der Waals surface area contributed by atoms with E-state index in [1.54, 1.807) is 0 Å². The zero-order valence-corrected chi connectivity index (χ0v) is 19.8. The van der Waals surface area contributed by atoms with Crippen molar-refractivity contribution in [3.63, 3.8) is 0 Å². The van der Waals surface area contributed by atoms with Crippen molar-refractivity contribution in [1.29, 1.82) is 0 Å². The van der Waals surface area contributed by atoms with Gasteiger partial charge in [0, 0.05) is 31.1 Å². The van der Waals surface area contributed by atoms with Crippen molar-refractivity contribution in [2.45, 2.75) is 39.3 Å². The van der Waals surface area contributed by atoms with Crippen LogP contribution in [0, 0.1) is 0 Å². The normalized spacial score (nSPS) is 15.6. The maximum atomic E-state index is 6.12. The van der Waals surface area contributed by atoms with Crippen LogP contribution in [0.5, 0.6) is 5.75 Å². The Labute approximate surface area is 196 Å². The van der Waals surface area contributed by atoms with Crippen molar-refractivity contribution < 1.29 is 9.47 Å². The summed E-state index contributed by atoms with van der Waals surface area (Å²) >= 11 is 6.07. The fraction of sp³-hybridized carbons (Fsp3) is 0.357. The molecule has 3 nitrogen and oxygen atoms in total. The molecule has 0 radical (unpaired) electrons. The molecule has 0 amide bonds. The molecule has 168 valence electrons. The van der Waals surface area contributed by atoms with Crippen LogP contribution in [0.25, 0.3) is 0 Å². The SMILES string of the molecule is CC(C)c1ccc2c(c1)Cc1cccc(c1)CN(Cc1ccc(Cl)cc1)CCOCCO2. The molecule has 0 saturated heterocycles. The van der Waals surface area contributed by atoms with Crippen molar-refractivity contribution >= 4 is 11.6 Å². The van der Waals surface area contributed by atoms with Gasteiger partial charge in [0.25, 0.3) is 0 Å². The van der Waals surface area contributed by atoms with Gasteiger partial charge >= 0.3 is 0 Å². The fourth-order valence-electron chi connectivity index (χ4n) is 4.12. The number of nitrogens with zero attached hydrogens (tertiary/aromatic N) is 1. The minimum atomic E-state index is 0.490. The first-order chi connectivity index (χ1) is 15.6. The second-order valence-corrected chi connectivity index (χ2v) is 9.25. The van der Waals surface area contributed by atoms with E-state index >= 15 is 0 Å². The van der Waals surface area contributed by atoms with Crippen LogP contribution in [0.15, 0.2) is 66.7 Å². The number of rotatable bonds is 3. The molecule has 32 heavy (non-hydrogen) atoms. The highest BCUT2D eigenvalue weighted by molar-refractivity contribution is 6.30. The zero-order valence-electron chi connectivity index (χ0n) is 19.0. The number of fused-ring (bicyclic) bond motifs is 3. The van der Waals surface area contributed by atoms with E-state index < -0.39 is 0 Å². The van der Waals surface area contributed by atoms with Gasteiger partial charge in [-0.3, -0.25) is 4.90 Å². The van der Waals surface area contributed by atoms with Crippen molar-refractivity contribution in [3.05, 3.63) is 99.6 Å². The average molecular weight is 450 g/mol. The Morgan fingerprint density at radius 2 is 1.72 bits per heavy atom. The Hall–Kier alpha value is -2.33. The van der Waals surface area contributed by atoms with E-state index in [9.17, 15) is 0 Å². The van der Waals surface area contributed by atoms with Gasteiger partial charge in [-0.2, -0.15) is 0 Å². The Morgan fingerprint density at radius 1 is 0.906 bits per heavy atom. The van der Waals surface area contributed by atoms with Crippen LogP contribution < -0.4 is 4.74 Å². The Morgan fingerprint density at radius 3 is 2.53 bits per heavy atom. The molecule has 0 spiro atoms. The van der Waals surface area contributed by atoms with Gasteiger partial charge < -0.3 is 9.47 Å². The van der Waals surface area contributed by atoms with Crippen molar-refractivity contribution in [2.75, 3.05) is 26.4 Å². The highest BCUT2D eigenvalue weighted by Crippen LogP contribution is 2.27. The summed E-state index contributed by atoms with van der Waals surface area (Å²) in [6, 6.07) is 23.6. The molecule has 0 unspecified atom stereocenters. The van der Waals surface area contributed by atoms with Crippen molar-refractivity contribution in [1.82, 2.24) is 4.90 Å². The molecule has 4 rings (SSSR count). The van der Waals surface area contributed by atoms with E-state index in [0.717, 1.165) is 36.8 Å². The van der Waals surface area contributed by atoms with Gasteiger partial charge in [0.1, 0.15) is 12.4 Å². The van der Waals surface area contributed by atoms with Crippen LogP contribution >= 0.6 is 11.6 Å². The third kappa shape index (κ3) is 6.35. The Balaban J connectivity index is 1.58.